The second-order valence-electron chi connectivity index (χ2n) is 6.07. The van der Waals surface area contributed by atoms with Gasteiger partial charge in [0.05, 0.1) is 0 Å². The van der Waals surface area contributed by atoms with E-state index in [0.29, 0.717) is 32.3 Å². The van der Waals surface area contributed by atoms with Gasteiger partial charge in [-0.05, 0) is 0 Å². The molecular weight excluding hydrogens is 417 g/mol. The summed E-state index contributed by atoms with van der Waals surface area (Å²) in [6, 6.07) is 21.0. The van der Waals surface area contributed by atoms with Crippen LogP contribution in [-0.2, 0) is 0 Å². The Morgan fingerprint density at radius 1 is 1.07 bits per heavy atom. The van der Waals surface area contributed by atoms with Gasteiger partial charge in [-0.25, -0.2) is 0 Å². The number of para-hydroxylation sites is 1. The molecule has 0 amide bonds. The molecule has 2 aromatic heterocycles. The summed E-state index contributed by atoms with van der Waals surface area (Å²) >= 11 is -0.307. The summed E-state index contributed by atoms with van der Waals surface area (Å²) in [5, 5.41) is 14.4. The number of carbonyl (C=O) groups excluding carboxylic acids is 1. The van der Waals surface area contributed by atoms with E-state index in [1.54, 1.807) is 16.8 Å². The van der Waals surface area contributed by atoms with Gasteiger partial charge in [0, 0.05) is 0 Å². The van der Waals surface area contributed by atoms with Crippen molar-refractivity contribution in [2.75, 3.05) is 0 Å². The summed E-state index contributed by atoms with van der Waals surface area (Å²) in [7, 11) is 0. The van der Waals surface area contributed by atoms with Crippen molar-refractivity contribution in [2.45, 2.75) is 12.2 Å². The van der Waals surface area contributed by atoms with Crippen molar-refractivity contribution in [1.29, 1.82) is 5.26 Å². The van der Waals surface area contributed by atoms with Crippen molar-refractivity contribution in [3.05, 3.63) is 77.6 Å². The van der Waals surface area contributed by atoms with Gasteiger partial charge in [-0.1, -0.05) is 0 Å². The summed E-state index contributed by atoms with van der Waals surface area (Å²) < 4.78 is 2.31. The average Bonchev–Trinajstić information content (AvgIpc) is 3.08. The molecule has 0 saturated carbocycles. The van der Waals surface area contributed by atoms with E-state index in [0.717, 1.165) is 5.69 Å². The number of nitrogens with zero attached hydrogens (tertiary/aromatic N) is 5. The number of fused-ring (bicyclic) bond motifs is 1. The molecule has 28 heavy (non-hydrogen) atoms. The quantitative estimate of drug-likeness (QED) is 0.358. The molecule has 0 unspecified atom stereocenters. The van der Waals surface area contributed by atoms with E-state index in [9.17, 15) is 10.1 Å². The van der Waals surface area contributed by atoms with Crippen molar-refractivity contribution < 1.29 is 4.79 Å². The van der Waals surface area contributed by atoms with Gasteiger partial charge in [0.15, 0.2) is 0 Å². The molecule has 2 aromatic carbocycles. The van der Waals surface area contributed by atoms with Gasteiger partial charge in [0.2, 0.25) is 0 Å². The predicted molar refractivity (Wildman–Crippen MR) is 107 cm³/mol. The maximum atomic E-state index is 12.4. The molecule has 0 fully saturated rings. The van der Waals surface area contributed by atoms with Crippen LogP contribution in [0.5, 0.6) is 0 Å². The van der Waals surface area contributed by atoms with E-state index >= 15 is 0 Å². The van der Waals surface area contributed by atoms with Crippen molar-refractivity contribution >= 4 is 36.5 Å². The Morgan fingerprint density at radius 3 is 2.43 bits per heavy atom. The second kappa shape index (κ2) is 7.73. The summed E-state index contributed by atoms with van der Waals surface area (Å²) in [6.45, 7) is 1.85. The number of ketones is 1. The van der Waals surface area contributed by atoms with Crippen molar-refractivity contribution in [2.24, 2.45) is 0 Å². The van der Waals surface area contributed by atoms with Crippen LogP contribution >= 0.6 is 0 Å². The summed E-state index contributed by atoms with van der Waals surface area (Å²) in [6.07, 6.45) is 0. The number of carbonyl (C=O) groups is 1. The fraction of sp³-hybridized carbons (Fsp3) is 0.0952. The minimum atomic E-state index is -0.307. The molecular formula is C21H15N5OSe. The topological polar surface area (TPSA) is 84.5 Å². The number of hydrogen-bond donors (Lipinski definition) is 0. The molecule has 6 nitrogen and oxygen atoms in total. The Kier molecular flexibility index (Phi) is 4.98. The zero-order valence-corrected chi connectivity index (χ0v) is 16.7. The molecule has 0 atom stereocenters. The van der Waals surface area contributed by atoms with Gasteiger partial charge in [-0.15, -0.1) is 0 Å². The first-order valence-corrected chi connectivity index (χ1v) is 10.7. The van der Waals surface area contributed by atoms with Crippen LogP contribution in [0.2, 0.25) is 5.32 Å². The van der Waals surface area contributed by atoms with Crippen LogP contribution in [0.25, 0.3) is 16.9 Å². The van der Waals surface area contributed by atoms with E-state index < -0.39 is 0 Å². The van der Waals surface area contributed by atoms with Crippen molar-refractivity contribution in [3.8, 4) is 11.8 Å². The predicted octanol–water partition coefficient (Wildman–Crippen LogP) is 2.63. The van der Waals surface area contributed by atoms with Gasteiger partial charge in [-0.3, -0.25) is 0 Å². The molecule has 4 aromatic rings. The van der Waals surface area contributed by atoms with E-state index in [2.05, 4.69) is 16.2 Å². The summed E-state index contributed by atoms with van der Waals surface area (Å²) in [5.74, 6) is 0.0409. The first-order valence-electron chi connectivity index (χ1n) is 8.61. The van der Waals surface area contributed by atoms with Crippen LogP contribution in [0.1, 0.15) is 21.7 Å². The van der Waals surface area contributed by atoms with Crippen LogP contribution in [0.15, 0.2) is 60.7 Å². The Labute approximate surface area is 168 Å². The summed E-state index contributed by atoms with van der Waals surface area (Å²) in [4.78, 5) is 21.6. The van der Waals surface area contributed by atoms with Gasteiger partial charge in [0.1, 0.15) is 0 Å². The van der Waals surface area contributed by atoms with Crippen LogP contribution in [-0.4, -0.2) is 40.5 Å². The van der Waals surface area contributed by atoms with Crippen molar-refractivity contribution in [1.82, 2.24) is 19.7 Å². The second-order valence-corrected chi connectivity index (χ2v) is 8.09. The molecule has 0 aliphatic carbocycles. The van der Waals surface area contributed by atoms with Gasteiger partial charge in [0.25, 0.3) is 0 Å². The number of hydrogen-bond acceptors (Lipinski definition) is 5. The molecule has 0 saturated heterocycles. The Bertz CT molecular complexity index is 1200. The Hall–Kier alpha value is -3.33. The molecule has 0 bridgehead atoms. The molecule has 4 rings (SSSR count). The average molecular weight is 432 g/mol. The van der Waals surface area contributed by atoms with Gasteiger partial charge >= 0.3 is 168 Å². The third-order valence-corrected chi connectivity index (χ3v) is 6.20. The fourth-order valence-corrected chi connectivity index (χ4v) is 4.52. The van der Waals surface area contributed by atoms with Crippen LogP contribution < -0.4 is 4.59 Å². The Balaban J connectivity index is 1.72. The van der Waals surface area contributed by atoms with E-state index in [1.165, 1.54) is 0 Å². The van der Waals surface area contributed by atoms with Gasteiger partial charge < -0.3 is 0 Å². The molecule has 0 aliphatic rings. The number of Topliss-reactive ketones (excluding diaryl/α,β-unsaturated/α-hetero) is 1. The molecule has 136 valence electrons. The third kappa shape index (κ3) is 3.43. The molecule has 0 spiro atoms. The standard InChI is InChI=1S/C21H15N5OSe/c1-14-19-20(26(25-14)16-10-6-3-7-11-16)24-21(17(12-22)23-19)28-13-18(27)15-8-4-2-5-9-15/h2-11H,13H2,1H3. The number of aromatic nitrogens is 4. The fourth-order valence-electron chi connectivity index (χ4n) is 2.81. The number of rotatable bonds is 5. The number of benzene rings is 2. The molecule has 2 heterocycles. The molecule has 7 heteroatoms. The Morgan fingerprint density at radius 2 is 1.75 bits per heavy atom. The normalized spacial score (nSPS) is 10.7. The van der Waals surface area contributed by atoms with Gasteiger partial charge in [-0.2, -0.15) is 0 Å². The SMILES string of the molecule is Cc1nn(-c2ccccc2)c2nc([Se]CC(=O)c3ccccc3)c(C#N)nc12. The van der Waals surface area contributed by atoms with Crippen LogP contribution in [0.4, 0.5) is 0 Å². The maximum absolute atomic E-state index is 12.4. The summed E-state index contributed by atoms with van der Waals surface area (Å²) in [5.41, 5.74) is 3.73. The molecule has 0 N–H and O–H groups in total. The van der Waals surface area contributed by atoms with Crippen LogP contribution in [0.3, 0.4) is 0 Å². The first kappa shape index (κ1) is 18.1. The monoisotopic (exact) mass is 433 g/mol. The number of nitriles is 1. The third-order valence-electron chi connectivity index (χ3n) is 4.18. The molecule has 0 radical (unpaired) electrons. The minimum absolute atomic E-state index is 0.0409. The van der Waals surface area contributed by atoms with Crippen molar-refractivity contribution in [3.63, 3.8) is 0 Å². The van der Waals surface area contributed by atoms with E-state index in [4.69, 9.17) is 4.98 Å². The van der Waals surface area contributed by atoms with E-state index in [1.807, 2.05) is 55.5 Å². The van der Waals surface area contributed by atoms with E-state index in [-0.39, 0.29) is 26.4 Å². The number of aryl methyl sites for hydroxylation is 1. The molecule has 0 aliphatic heterocycles. The zero-order chi connectivity index (χ0) is 19.5. The van der Waals surface area contributed by atoms with Crippen LogP contribution in [0, 0.1) is 18.3 Å². The first-order chi connectivity index (χ1) is 13.7. The zero-order valence-electron chi connectivity index (χ0n) is 15.0.